The summed E-state index contributed by atoms with van der Waals surface area (Å²) in [6.45, 7) is 11.7. The number of nitrogens with zero attached hydrogens (tertiary/aromatic N) is 1. The van der Waals surface area contributed by atoms with Crippen molar-refractivity contribution >= 4 is 6.09 Å². The zero-order valence-electron chi connectivity index (χ0n) is 13.0. The Bertz CT molecular complexity index is 352. The zero-order chi connectivity index (χ0) is 14.7. The minimum Gasteiger partial charge on any atom is -0.444 e. The Morgan fingerprint density at radius 2 is 1.79 bits per heavy atom. The van der Waals surface area contributed by atoms with E-state index >= 15 is 0 Å². The summed E-state index contributed by atoms with van der Waals surface area (Å²) in [7, 11) is 0. The summed E-state index contributed by atoms with van der Waals surface area (Å²) < 4.78 is 5.40. The summed E-state index contributed by atoms with van der Waals surface area (Å²) in [6.07, 6.45) is 8.05. The number of hydrogen-bond acceptors (Lipinski definition) is 2. The highest BCUT2D eigenvalue weighted by atomic mass is 16.6. The maximum absolute atomic E-state index is 12.0. The fraction of sp³-hybridized carbons (Fsp3) is 0.812. The Morgan fingerprint density at radius 1 is 1.26 bits per heavy atom. The van der Waals surface area contributed by atoms with E-state index in [0.29, 0.717) is 5.92 Å². The minimum absolute atomic E-state index is 0.161. The first kappa shape index (κ1) is 15.9. The molecule has 0 N–H and O–H groups in total. The van der Waals surface area contributed by atoms with Gasteiger partial charge < -0.3 is 9.64 Å². The van der Waals surface area contributed by atoms with Gasteiger partial charge in [-0.25, -0.2) is 4.79 Å². The predicted molar refractivity (Wildman–Crippen MR) is 77.8 cm³/mol. The van der Waals surface area contributed by atoms with Gasteiger partial charge in [0.1, 0.15) is 5.60 Å². The number of hydrogen-bond donors (Lipinski definition) is 0. The van der Waals surface area contributed by atoms with Crippen molar-refractivity contribution in [3.05, 3.63) is 0 Å². The van der Waals surface area contributed by atoms with Crippen molar-refractivity contribution in [3.63, 3.8) is 0 Å². The lowest BCUT2D eigenvalue weighted by Crippen LogP contribution is -2.44. The fourth-order valence-corrected chi connectivity index (χ4v) is 2.58. The molecule has 0 aromatic heterocycles. The van der Waals surface area contributed by atoms with Gasteiger partial charge in [-0.1, -0.05) is 13.8 Å². The largest absolute Gasteiger partial charge is 0.444 e. The van der Waals surface area contributed by atoms with E-state index in [-0.39, 0.29) is 11.5 Å². The van der Waals surface area contributed by atoms with Crippen molar-refractivity contribution in [3.8, 4) is 12.3 Å². The average molecular weight is 265 g/mol. The molecule has 0 atom stereocenters. The summed E-state index contributed by atoms with van der Waals surface area (Å²) in [6, 6.07) is 0. The summed E-state index contributed by atoms with van der Waals surface area (Å²) >= 11 is 0. The highest BCUT2D eigenvalue weighted by molar-refractivity contribution is 5.68. The summed E-state index contributed by atoms with van der Waals surface area (Å²) in [4.78, 5) is 13.8. The van der Waals surface area contributed by atoms with Gasteiger partial charge in [0.05, 0.1) is 0 Å². The molecule has 0 unspecified atom stereocenters. The number of terminal acetylenes is 1. The average Bonchev–Trinajstić information content (AvgIpc) is 2.27. The minimum atomic E-state index is -0.420. The van der Waals surface area contributed by atoms with Gasteiger partial charge in [0.25, 0.3) is 0 Å². The SMILES string of the molecule is C#CCC(C)(C)C1CCN(C(=O)OC(C)(C)C)CC1. The Morgan fingerprint density at radius 3 is 2.21 bits per heavy atom. The van der Waals surface area contributed by atoms with Crippen LogP contribution in [0.15, 0.2) is 0 Å². The number of piperidine rings is 1. The van der Waals surface area contributed by atoms with Crippen LogP contribution in [-0.2, 0) is 4.74 Å². The number of rotatable bonds is 2. The van der Waals surface area contributed by atoms with Gasteiger partial charge in [-0.15, -0.1) is 12.3 Å². The van der Waals surface area contributed by atoms with Crippen molar-refractivity contribution in [2.75, 3.05) is 13.1 Å². The number of ether oxygens (including phenoxy) is 1. The van der Waals surface area contributed by atoms with E-state index in [1.165, 1.54) is 0 Å². The lowest BCUT2D eigenvalue weighted by Gasteiger charge is -2.40. The van der Waals surface area contributed by atoms with Crippen LogP contribution in [0.2, 0.25) is 0 Å². The number of amides is 1. The predicted octanol–water partition coefficient (Wildman–Crippen LogP) is 3.68. The Kier molecular flexibility index (Phi) is 4.90. The van der Waals surface area contributed by atoms with Gasteiger partial charge >= 0.3 is 6.09 Å². The second-order valence-corrected chi connectivity index (χ2v) is 7.11. The van der Waals surface area contributed by atoms with E-state index in [0.717, 1.165) is 32.4 Å². The van der Waals surface area contributed by atoms with Crippen molar-refractivity contribution in [2.24, 2.45) is 11.3 Å². The first-order chi connectivity index (χ1) is 8.65. The quantitative estimate of drug-likeness (QED) is 0.713. The van der Waals surface area contributed by atoms with Gasteiger partial charge in [-0.05, 0) is 44.9 Å². The van der Waals surface area contributed by atoms with Crippen LogP contribution in [0, 0.1) is 23.7 Å². The van der Waals surface area contributed by atoms with Gasteiger partial charge in [0.15, 0.2) is 0 Å². The number of likely N-dealkylation sites (tertiary alicyclic amines) is 1. The molecule has 1 rings (SSSR count). The van der Waals surface area contributed by atoms with Crippen LogP contribution in [0.25, 0.3) is 0 Å². The molecule has 0 saturated carbocycles. The molecule has 0 bridgehead atoms. The number of carbonyl (C=O) groups is 1. The third-order valence-electron chi connectivity index (χ3n) is 3.81. The van der Waals surface area contributed by atoms with Gasteiger partial charge in [-0.2, -0.15) is 0 Å². The highest BCUT2D eigenvalue weighted by Gasteiger charge is 2.34. The molecule has 0 aromatic rings. The van der Waals surface area contributed by atoms with E-state index in [9.17, 15) is 4.79 Å². The third kappa shape index (κ3) is 4.78. The van der Waals surface area contributed by atoms with Crippen molar-refractivity contribution in [2.45, 2.75) is 59.5 Å². The van der Waals surface area contributed by atoms with E-state index in [1.54, 1.807) is 0 Å². The van der Waals surface area contributed by atoms with Crippen molar-refractivity contribution < 1.29 is 9.53 Å². The van der Waals surface area contributed by atoms with E-state index < -0.39 is 5.60 Å². The monoisotopic (exact) mass is 265 g/mol. The maximum atomic E-state index is 12.0. The highest BCUT2D eigenvalue weighted by Crippen LogP contribution is 2.37. The molecule has 0 aromatic carbocycles. The molecule has 19 heavy (non-hydrogen) atoms. The molecule has 3 heteroatoms. The zero-order valence-corrected chi connectivity index (χ0v) is 13.0. The van der Waals surface area contributed by atoms with Crippen LogP contribution in [-0.4, -0.2) is 29.7 Å². The third-order valence-corrected chi connectivity index (χ3v) is 3.81. The standard InChI is InChI=1S/C16H27NO2/c1-7-10-16(5,6)13-8-11-17(12-9-13)14(18)19-15(2,3)4/h1,13H,8-12H2,2-6H3. The fourth-order valence-electron chi connectivity index (χ4n) is 2.58. The molecular weight excluding hydrogens is 238 g/mol. The molecule has 108 valence electrons. The molecule has 0 spiro atoms. The molecule has 1 heterocycles. The van der Waals surface area contributed by atoms with Crippen LogP contribution >= 0.6 is 0 Å². The van der Waals surface area contributed by atoms with Crippen LogP contribution < -0.4 is 0 Å². The first-order valence-corrected chi connectivity index (χ1v) is 7.07. The van der Waals surface area contributed by atoms with E-state index in [2.05, 4.69) is 19.8 Å². The van der Waals surface area contributed by atoms with Crippen LogP contribution in [0.4, 0.5) is 4.79 Å². The van der Waals surface area contributed by atoms with Crippen LogP contribution in [0.1, 0.15) is 53.9 Å². The molecule has 1 aliphatic rings. The van der Waals surface area contributed by atoms with Gasteiger partial charge in [-0.3, -0.25) is 0 Å². The normalized spacial score (nSPS) is 18.0. The van der Waals surface area contributed by atoms with Crippen molar-refractivity contribution in [1.29, 1.82) is 0 Å². The molecular formula is C16H27NO2. The first-order valence-electron chi connectivity index (χ1n) is 7.07. The van der Waals surface area contributed by atoms with Crippen LogP contribution in [0.5, 0.6) is 0 Å². The van der Waals surface area contributed by atoms with E-state index in [1.807, 2.05) is 25.7 Å². The van der Waals surface area contributed by atoms with Gasteiger partial charge in [0, 0.05) is 19.5 Å². The molecule has 1 amide bonds. The maximum Gasteiger partial charge on any atom is 0.410 e. The molecule has 1 fully saturated rings. The molecule has 1 saturated heterocycles. The molecule has 0 radical (unpaired) electrons. The van der Waals surface area contributed by atoms with Gasteiger partial charge in [0.2, 0.25) is 0 Å². The summed E-state index contributed by atoms with van der Waals surface area (Å²) in [5.41, 5.74) is -0.258. The molecule has 1 aliphatic heterocycles. The second kappa shape index (κ2) is 5.86. The lowest BCUT2D eigenvalue weighted by molar-refractivity contribution is 0.0120. The van der Waals surface area contributed by atoms with Crippen molar-refractivity contribution in [1.82, 2.24) is 4.90 Å². The van der Waals surface area contributed by atoms with E-state index in [4.69, 9.17) is 11.2 Å². The Hall–Kier alpha value is -1.17. The Balaban J connectivity index is 2.50. The number of carbonyl (C=O) groups excluding carboxylic acids is 1. The lowest BCUT2D eigenvalue weighted by atomic mass is 9.72. The topological polar surface area (TPSA) is 29.5 Å². The van der Waals surface area contributed by atoms with Crippen LogP contribution in [0.3, 0.4) is 0 Å². The summed E-state index contributed by atoms with van der Waals surface area (Å²) in [5, 5.41) is 0. The second-order valence-electron chi connectivity index (χ2n) is 7.11. The molecule has 3 nitrogen and oxygen atoms in total. The Labute approximate surface area is 117 Å². The summed E-state index contributed by atoms with van der Waals surface area (Å²) in [5.74, 6) is 3.35. The molecule has 0 aliphatic carbocycles. The smallest absolute Gasteiger partial charge is 0.410 e.